The number of aromatic nitrogens is 3. The van der Waals surface area contributed by atoms with E-state index in [1.807, 2.05) is 35.9 Å². The van der Waals surface area contributed by atoms with Crippen molar-refractivity contribution >= 4 is 28.5 Å². The van der Waals surface area contributed by atoms with E-state index in [-0.39, 0.29) is 5.69 Å². The van der Waals surface area contributed by atoms with Crippen LogP contribution in [0.5, 0.6) is 0 Å². The van der Waals surface area contributed by atoms with Gasteiger partial charge in [-0.2, -0.15) is 5.10 Å². The second-order valence-corrected chi connectivity index (χ2v) is 5.02. The number of nitrogens with zero attached hydrogens (tertiary/aromatic N) is 3. The number of halogens is 1. The van der Waals surface area contributed by atoms with Gasteiger partial charge in [0.15, 0.2) is 0 Å². The van der Waals surface area contributed by atoms with E-state index in [4.69, 9.17) is 16.7 Å². The fourth-order valence-corrected chi connectivity index (χ4v) is 2.71. The van der Waals surface area contributed by atoms with Gasteiger partial charge >= 0.3 is 5.97 Å². The molecule has 0 atom stereocenters. The molecule has 0 aliphatic carbocycles. The van der Waals surface area contributed by atoms with Crippen LogP contribution in [0.15, 0.2) is 30.3 Å². The number of fused-ring (bicyclic) bond motifs is 1. The fraction of sp³-hybridized carbons (Fsp3) is 0.143. The Bertz CT molecular complexity index is 832. The van der Waals surface area contributed by atoms with Gasteiger partial charge < -0.3 is 9.67 Å². The molecule has 20 heavy (non-hydrogen) atoms. The zero-order valence-corrected chi connectivity index (χ0v) is 11.7. The molecule has 2 heterocycles. The molecule has 0 saturated carbocycles. The largest absolute Gasteiger partial charge is 0.477 e. The normalized spacial score (nSPS) is 11.2. The fourth-order valence-electron chi connectivity index (χ4n) is 2.41. The maximum Gasteiger partial charge on any atom is 0.354 e. The van der Waals surface area contributed by atoms with Crippen LogP contribution in [0.3, 0.4) is 0 Å². The van der Waals surface area contributed by atoms with Crippen LogP contribution in [0.25, 0.3) is 22.3 Å². The van der Waals surface area contributed by atoms with Crippen LogP contribution in [0.4, 0.5) is 0 Å². The van der Waals surface area contributed by atoms with Gasteiger partial charge in [-0.15, -0.1) is 0 Å². The van der Waals surface area contributed by atoms with Gasteiger partial charge in [-0.3, -0.25) is 4.68 Å². The molecule has 0 aliphatic heterocycles. The van der Waals surface area contributed by atoms with Crippen molar-refractivity contribution in [1.29, 1.82) is 0 Å². The first kappa shape index (κ1) is 12.7. The zero-order chi connectivity index (χ0) is 14.4. The topological polar surface area (TPSA) is 60.0 Å². The third-order valence-electron chi connectivity index (χ3n) is 3.37. The van der Waals surface area contributed by atoms with E-state index in [1.54, 1.807) is 13.1 Å². The van der Waals surface area contributed by atoms with Gasteiger partial charge in [0.25, 0.3) is 0 Å². The minimum atomic E-state index is -0.997. The van der Waals surface area contributed by atoms with Crippen molar-refractivity contribution in [1.82, 2.24) is 14.3 Å². The first-order valence-electron chi connectivity index (χ1n) is 6.00. The second kappa shape index (κ2) is 4.38. The van der Waals surface area contributed by atoms with E-state index in [0.717, 1.165) is 16.6 Å². The Morgan fingerprint density at radius 1 is 1.30 bits per heavy atom. The van der Waals surface area contributed by atoms with E-state index in [9.17, 15) is 4.79 Å². The molecule has 1 aromatic carbocycles. The Kier molecular flexibility index (Phi) is 2.79. The molecule has 0 unspecified atom stereocenters. The van der Waals surface area contributed by atoms with Gasteiger partial charge in [0, 0.05) is 25.5 Å². The summed E-state index contributed by atoms with van der Waals surface area (Å²) in [6.45, 7) is 0. The summed E-state index contributed by atoms with van der Waals surface area (Å²) in [5, 5.41) is 15.0. The van der Waals surface area contributed by atoms with Crippen molar-refractivity contribution in [2.45, 2.75) is 0 Å². The Hall–Kier alpha value is -2.27. The maximum absolute atomic E-state index is 11.1. The zero-order valence-electron chi connectivity index (χ0n) is 11.0. The molecule has 6 heteroatoms. The summed E-state index contributed by atoms with van der Waals surface area (Å²) in [5.74, 6) is -0.997. The van der Waals surface area contributed by atoms with E-state index in [1.165, 1.54) is 4.68 Å². The molecule has 0 radical (unpaired) electrons. The van der Waals surface area contributed by atoms with Crippen molar-refractivity contribution in [2.75, 3.05) is 0 Å². The highest BCUT2D eigenvalue weighted by Gasteiger charge is 2.17. The Morgan fingerprint density at radius 2 is 2.05 bits per heavy atom. The van der Waals surface area contributed by atoms with Crippen LogP contribution < -0.4 is 0 Å². The van der Waals surface area contributed by atoms with Crippen molar-refractivity contribution < 1.29 is 9.90 Å². The van der Waals surface area contributed by atoms with E-state index < -0.39 is 5.97 Å². The Morgan fingerprint density at radius 3 is 2.65 bits per heavy atom. The Balaban J connectivity index is 2.25. The number of carboxylic acids is 1. The monoisotopic (exact) mass is 289 g/mol. The molecular weight excluding hydrogens is 278 g/mol. The van der Waals surface area contributed by atoms with Crippen LogP contribution in [0.2, 0.25) is 5.02 Å². The molecule has 0 spiro atoms. The molecule has 0 bridgehead atoms. The highest BCUT2D eigenvalue weighted by Crippen LogP contribution is 2.31. The van der Waals surface area contributed by atoms with Crippen LogP contribution >= 0.6 is 11.6 Å². The van der Waals surface area contributed by atoms with E-state index in [0.29, 0.717) is 10.7 Å². The average Bonchev–Trinajstić information content (AvgIpc) is 2.91. The molecular formula is C14H12ClN3O2. The lowest BCUT2D eigenvalue weighted by molar-refractivity contribution is 0.0685. The number of carbonyl (C=O) groups is 1. The van der Waals surface area contributed by atoms with Crippen molar-refractivity contribution in [2.24, 2.45) is 14.1 Å². The lowest BCUT2D eigenvalue weighted by Gasteiger charge is -2.02. The number of aryl methyl sites for hydroxylation is 2. The summed E-state index contributed by atoms with van der Waals surface area (Å²) < 4.78 is 3.28. The number of rotatable bonds is 2. The van der Waals surface area contributed by atoms with Crippen molar-refractivity contribution in [3.8, 4) is 11.4 Å². The summed E-state index contributed by atoms with van der Waals surface area (Å²) in [4.78, 5) is 11.1. The number of para-hydroxylation sites is 1. The smallest absolute Gasteiger partial charge is 0.354 e. The van der Waals surface area contributed by atoms with Crippen molar-refractivity contribution in [3.63, 3.8) is 0 Å². The summed E-state index contributed by atoms with van der Waals surface area (Å²) in [5.41, 5.74) is 2.50. The number of benzene rings is 1. The number of carboxylic acid groups (broad SMARTS) is 1. The number of hydrogen-bond donors (Lipinski definition) is 1. The predicted octanol–water partition coefficient (Wildman–Crippen LogP) is 2.93. The average molecular weight is 290 g/mol. The molecule has 1 N–H and O–H groups in total. The van der Waals surface area contributed by atoms with Crippen LogP contribution in [-0.4, -0.2) is 25.4 Å². The second-order valence-electron chi connectivity index (χ2n) is 4.61. The minimum absolute atomic E-state index is 0.149. The summed E-state index contributed by atoms with van der Waals surface area (Å²) in [6, 6.07) is 9.19. The van der Waals surface area contributed by atoms with Crippen LogP contribution in [0.1, 0.15) is 10.5 Å². The third-order valence-corrected chi connectivity index (χ3v) is 3.67. The molecule has 5 nitrogen and oxygen atoms in total. The van der Waals surface area contributed by atoms with Gasteiger partial charge in [0.2, 0.25) is 0 Å². The van der Waals surface area contributed by atoms with Gasteiger partial charge in [0.05, 0.1) is 16.2 Å². The molecule has 102 valence electrons. The summed E-state index contributed by atoms with van der Waals surface area (Å²) in [6.07, 6.45) is 0. The van der Waals surface area contributed by atoms with E-state index in [2.05, 4.69) is 5.10 Å². The van der Waals surface area contributed by atoms with E-state index >= 15 is 0 Å². The molecule has 3 aromatic rings. The van der Waals surface area contributed by atoms with Gasteiger partial charge in [-0.05, 0) is 12.1 Å². The molecule has 0 aliphatic rings. The predicted molar refractivity (Wildman–Crippen MR) is 77.1 cm³/mol. The molecule has 0 saturated heterocycles. The van der Waals surface area contributed by atoms with Crippen LogP contribution in [0, 0.1) is 0 Å². The van der Waals surface area contributed by atoms with Crippen LogP contribution in [-0.2, 0) is 14.1 Å². The maximum atomic E-state index is 11.1. The lowest BCUT2D eigenvalue weighted by atomic mass is 10.2. The minimum Gasteiger partial charge on any atom is -0.477 e. The molecule has 0 fully saturated rings. The quantitative estimate of drug-likeness (QED) is 0.789. The molecule has 2 aromatic heterocycles. The first-order chi connectivity index (χ1) is 9.49. The SMILES string of the molecule is Cn1nc(-c2cc3cccc(Cl)c3n2C)cc1C(=O)O. The highest BCUT2D eigenvalue weighted by atomic mass is 35.5. The number of hydrogen-bond acceptors (Lipinski definition) is 2. The first-order valence-corrected chi connectivity index (χ1v) is 6.38. The summed E-state index contributed by atoms with van der Waals surface area (Å²) in [7, 11) is 3.50. The van der Waals surface area contributed by atoms with Gasteiger partial charge in [-0.1, -0.05) is 23.7 Å². The molecule has 3 rings (SSSR count). The van der Waals surface area contributed by atoms with Gasteiger partial charge in [-0.25, -0.2) is 4.79 Å². The Labute approximate surface area is 120 Å². The standard InChI is InChI=1S/C14H12ClN3O2/c1-17-11(6-8-4-3-5-9(15)13(8)17)10-7-12(14(19)20)18(2)16-10/h3-7H,1-2H3,(H,19,20). The molecule has 0 amide bonds. The highest BCUT2D eigenvalue weighted by molar-refractivity contribution is 6.35. The third kappa shape index (κ3) is 1.78. The summed E-state index contributed by atoms with van der Waals surface area (Å²) >= 11 is 6.21. The lowest BCUT2D eigenvalue weighted by Crippen LogP contribution is -2.04. The number of aromatic carboxylic acids is 1. The van der Waals surface area contributed by atoms with Crippen molar-refractivity contribution in [3.05, 3.63) is 41.0 Å². The van der Waals surface area contributed by atoms with Gasteiger partial charge in [0.1, 0.15) is 11.4 Å².